The van der Waals surface area contributed by atoms with E-state index in [-0.39, 0.29) is 11.8 Å². The van der Waals surface area contributed by atoms with Gasteiger partial charge in [0.1, 0.15) is 11.5 Å². The highest BCUT2D eigenvalue weighted by molar-refractivity contribution is 5.89. The van der Waals surface area contributed by atoms with Crippen LogP contribution in [0.25, 0.3) is 0 Å². The number of benzene rings is 2. The van der Waals surface area contributed by atoms with Crippen molar-refractivity contribution < 1.29 is 22.7 Å². The number of hydrogen-bond acceptors (Lipinski definition) is 3. The molecule has 2 aromatic rings. The molecule has 0 spiro atoms. The van der Waals surface area contributed by atoms with Crippen molar-refractivity contribution in [3.05, 3.63) is 59.7 Å². The van der Waals surface area contributed by atoms with Crippen LogP contribution in [0.5, 0.6) is 11.5 Å². The summed E-state index contributed by atoms with van der Waals surface area (Å²) in [5.74, 6) is 0.681. The number of hydrogen-bond donors (Lipinski definition) is 1. The fourth-order valence-corrected chi connectivity index (χ4v) is 4.02. The summed E-state index contributed by atoms with van der Waals surface area (Å²) in [7, 11) is 0. The number of rotatable bonds is 4. The first kappa shape index (κ1) is 18.8. The Labute approximate surface area is 161 Å². The molecule has 7 heteroatoms. The molecule has 148 valence electrons. The van der Waals surface area contributed by atoms with E-state index in [2.05, 4.69) is 5.32 Å². The van der Waals surface area contributed by atoms with E-state index in [4.69, 9.17) is 4.74 Å². The van der Waals surface area contributed by atoms with Crippen molar-refractivity contribution in [2.75, 3.05) is 26.2 Å². The second-order valence-corrected chi connectivity index (χ2v) is 7.36. The number of alkyl halides is 3. The highest BCUT2D eigenvalue weighted by atomic mass is 19.4. The fourth-order valence-electron chi connectivity index (χ4n) is 4.02. The van der Waals surface area contributed by atoms with Gasteiger partial charge in [-0.3, -0.25) is 9.69 Å². The lowest BCUT2D eigenvalue weighted by atomic mass is 9.87. The largest absolute Gasteiger partial charge is 0.457 e. The first-order valence-corrected chi connectivity index (χ1v) is 9.33. The lowest BCUT2D eigenvalue weighted by molar-refractivity contribution is -0.143. The zero-order valence-corrected chi connectivity index (χ0v) is 15.2. The number of ether oxygens (including phenoxy) is 1. The molecular weight excluding hydrogens is 369 g/mol. The van der Waals surface area contributed by atoms with Crippen molar-refractivity contribution in [2.45, 2.75) is 18.5 Å². The molecule has 0 radical (unpaired) electrons. The minimum atomic E-state index is -4.19. The van der Waals surface area contributed by atoms with Gasteiger partial charge in [0.2, 0.25) is 5.91 Å². The Hall–Kier alpha value is -2.54. The van der Waals surface area contributed by atoms with Crippen LogP contribution >= 0.6 is 0 Å². The molecule has 1 N–H and O–H groups in total. The summed E-state index contributed by atoms with van der Waals surface area (Å²) in [6.07, 6.45) is -3.54. The minimum absolute atomic E-state index is 0.0247. The molecule has 2 aliphatic rings. The Morgan fingerprint density at radius 2 is 1.68 bits per heavy atom. The Balaban J connectivity index is 1.44. The lowest BCUT2D eigenvalue weighted by Crippen LogP contribution is -2.37. The van der Waals surface area contributed by atoms with Crippen LogP contribution < -0.4 is 10.1 Å². The fraction of sp³-hybridized carbons (Fsp3) is 0.381. The number of halogens is 3. The first-order chi connectivity index (χ1) is 13.4. The molecule has 0 unspecified atom stereocenters. The van der Waals surface area contributed by atoms with E-state index < -0.39 is 18.6 Å². The summed E-state index contributed by atoms with van der Waals surface area (Å²) in [6, 6.07) is 14.8. The van der Waals surface area contributed by atoms with Crippen molar-refractivity contribution in [1.82, 2.24) is 10.2 Å². The molecule has 2 aromatic carbocycles. The number of nitrogens with one attached hydrogen (secondary N) is 1. The Bertz CT molecular complexity index is 823. The number of carbonyl (C=O) groups excluding carboxylic acids is 1. The van der Waals surface area contributed by atoms with Crippen LogP contribution in [0, 0.1) is 5.92 Å². The van der Waals surface area contributed by atoms with E-state index in [1.165, 1.54) is 4.90 Å². The topological polar surface area (TPSA) is 41.6 Å². The number of para-hydroxylation sites is 2. The molecule has 0 aliphatic carbocycles. The normalized spacial score (nSPS) is 19.6. The smallest absolute Gasteiger partial charge is 0.401 e. The highest BCUT2D eigenvalue weighted by Crippen LogP contribution is 2.43. The molecule has 1 saturated heterocycles. The maximum Gasteiger partial charge on any atom is 0.401 e. The number of amides is 1. The summed E-state index contributed by atoms with van der Waals surface area (Å²) in [4.78, 5) is 14.4. The van der Waals surface area contributed by atoms with Gasteiger partial charge in [0.15, 0.2) is 0 Å². The average molecular weight is 390 g/mol. The van der Waals surface area contributed by atoms with E-state index in [0.717, 1.165) is 11.1 Å². The van der Waals surface area contributed by atoms with Crippen LogP contribution in [0.2, 0.25) is 0 Å². The van der Waals surface area contributed by atoms with Crippen LogP contribution in [-0.2, 0) is 4.79 Å². The van der Waals surface area contributed by atoms with Crippen LogP contribution in [0.1, 0.15) is 23.5 Å². The zero-order chi connectivity index (χ0) is 19.7. The van der Waals surface area contributed by atoms with Gasteiger partial charge in [-0.2, -0.15) is 13.2 Å². The van der Waals surface area contributed by atoms with E-state index >= 15 is 0 Å². The Morgan fingerprint density at radius 1 is 1.07 bits per heavy atom. The van der Waals surface area contributed by atoms with E-state index in [9.17, 15) is 18.0 Å². The summed E-state index contributed by atoms with van der Waals surface area (Å²) < 4.78 is 43.6. The average Bonchev–Trinajstić information content (AvgIpc) is 3.09. The standard InChI is InChI=1S/C21H21F3N2O2/c22-21(23,24)13-26-10-9-14(12-26)11-25-20(27)19-15-5-1-3-7-17(15)28-18-8-4-2-6-16(18)19/h1-8,14,19H,9-13H2,(H,25,27)/t14-/m1/s1. The summed E-state index contributed by atoms with van der Waals surface area (Å²) >= 11 is 0. The molecule has 4 nitrogen and oxygen atoms in total. The second-order valence-electron chi connectivity index (χ2n) is 7.36. The number of nitrogens with zero attached hydrogens (tertiary/aromatic N) is 1. The van der Waals surface area contributed by atoms with Gasteiger partial charge in [-0.05, 0) is 31.0 Å². The summed E-state index contributed by atoms with van der Waals surface area (Å²) in [5.41, 5.74) is 1.59. The van der Waals surface area contributed by atoms with Crippen molar-refractivity contribution >= 4 is 5.91 Å². The van der Waals surface area contributed by atoms with Crippen LogP contribution in [0.3, 0.4) is 0 Å². The van der Waals surface area contributed by atoms with E-state index in [1.54, 1.807) is 0 Å². The van der Waals surface area contributed by atoms with Crippen LogP contribution in [0.15, 0.2) is 48.5 Å². The summed E-state index contributed by atoms with van der Waals surface area (Å²) in [5, 5.41) is 2.96. The van der Waals surface area contributed by atoms with Gasteiger partial charge in [-0.25, -0.2) is 0 Å². The van der Waals surface area contributed by atoms with E-state index in [1.807, 2.05) is 48.5 Å². The molecular formula is C21H21F3N2O2. The third-order valence-electron chi connectivity index (χ3n) is 5.28. The number of likely N-dealkylation sites (tertiary alicyclic amines) is 1. The molecule has 2 aliphatic heterocycles. The second kappa shape index (κ2) is 7.47. The molecule has 0 bridgehead atoms. The number of carbonyl (C=O) groups is 1. The molecule has 4 rings (SSSR count). The van der Waals surface area contributed by atoms with Gasteiger partial charge in [-0.1, -0.05) is 36.4 Å². The van der Waals surface area contributed by atoms with Gasteiger partial charge < -0.3 is 10.1 Å². The van der Waals surface area contributed by atoms with Crippen LogP contribution in [0.4, 0.5) is 13.2 Å². The SMILES string of the molecule is O=C(NC[C@H]1CCN(CC(F)(F)F)C1)C1c2ccccc2Oc2ccccc21. The molecule has 0 aromatic heterocycles. The molecule has 1 fully saturated rings. The van der Waals surface area contributed by atoms with Gasteiger partial charge >= 0.3 is 6.18 Å². The predicted octanol–water partition coefficient (Wildman–Crippen LogP) is 3.92. The zero-order valence-electron chi connectivity index (χ0n) is 15.2. The first-order valence-electron chi connectivity index (χ1n) is 9.33. The molecule has 28 heavy (non-hydrogen) atoms. The van der Waals surface area contributed by atoms with Gasteiger partial charge in [0, 0.05) is 24.2 Å². The summed E-state index contributed by atoms with van der Waals surface area (Å²) in [6.45, 7) is 0.233. The van der Waals surface area contributed by atoms with Crippen molar-refractivity contribution in [1.29, 1.82) is 0 Å². The molecule has 2 heterocycles. The van der Waals surface area contributed by atoms with Crippen molar-refractivity contribution in [2.24, 2.45) is 5.92 Å². The maximum absolute atomic E-state index is 13.0. The van der Waals surface area contributed by atoms with Gasteiger partial charge in [0.25, 0.3) is 0 Å². The van der Waals surface area contributed by atoms with Gasteiger partial charge in [-0.15, -0.1) is 0 Å². The number of fused-ring (bicyclic) bond motifs is 2. The predicted molar refractivity (Wildman–Crippen MR) is 98.4 cm³/mol. The quantitative estimate of drug-likeness (QED) is 0.860. The monoisotopic (exact) mass is 390 g/mol. The van der Waals surface area contributed by atoms with Gasteiger partial charge in [0.05, 0.1) is 12.5 Å². The molecule has 1 atom stereocenters. The maximum atomic E-state index is 13.0. The van der Waals surface area contributed by atoms with E-state index in [0.29, 0.717) is 37.6 Å². The Morgan fingerprint density at radius 3 is 2.29 bits per heavy atom. The third kappa shape index (κ3) is 3.99. The lowest BCUT2D eigenvalue weighted by Gasteiger charge is -2.27. The molecule has 0 saturated carbocycles. The van der Waals surface area contributed by atoms with Crippen molar-refractivity contribution in [3.63, 3.8) is 0 Å². The minimum Gasteiger partial charge on any atom is -0.457 e. The third-order valence-corrected chi connectivity index (χ3v) is 5.28. The Kier molecular flexibility index (Phi) is 5.02. The molecule has 1 amide bonds. The van der Waals surface area contributed by atoms with Crippen LogP contribution in [-0.4, -0.2) is 43.2 Å². The van der Waals surface area contributed by atoms with Crippen molar-refractivity contribution in [3.8, 4) is 11.5 Å². The highest BCUT2D eigenvalue weighted by Gasteiger charge is 2.35.